The van der Waals surface area contributed by atoms with E-state index in [1.807, 2.05) is 22.4 Å². The van der Waals surface area contributed by atoms with Crippen molar-refractivity contribution in [1.29, 1.82) is 0 Å². The van der Waals surface area contributed by atoms with Gasteiger partial charge >= 0.3 is 0 Å². The molecule has 1 saturated heterocycles. The number of methoxy groups -OCH3 is 1. The van der Waals surface area contributed by atoms with Crippen LogP contribution >= 0.6 is 11.3 Å². The fourth-order valence-electron chi connectivity index (χ4n) is 3.17. The summed E-state index contributed by atoms with van der Waals surface area (Å²) in [5, 5.41) is 2.62. The SMILES string of the molecule is COc1ccc(C2CCCCCN2C(=O)c2csc(CN)n2)cc1. The van der Waals surface area contributed by atoms with Gasteiger partial charge in [0.1, 0.15) is 16.5 Å². The van der Waals surface area contributed by atoms with E-state index in [4.69, 9.17) is 10.5 Å². The van der Waals surface area contributed by atoms with E-state index in [0.29, 0.717) is 12.2 Å². The van der Waals surface area contributed by atoms with Gasteiger partial charge in [-0.25, -0.2) is 4.98 Å². The molecule has 0 radical (unpaired) electrons. The molecule has 1 aliphatic rings. The zero-order valence-electron chi connectivity index (χ0n) is 13.9. The van der Waals surface area contributed by atoms with E-state index in [1.54, 1.807) is 7.11 Å². The highest BCUT2D eigenvalue weighted by Gasteiger charge is 2.28. The van der Waals surface area contributed by atoms with Crippen LogP contribution in [0.25, 0.3) is 0 Å². The van der Waals surface area contributed by atoms with Gasteiger partial charge in [0.25, 0.3) is 5.91 Å². The first kappa shape index (κ1) is 16.9. The molecule has 1 aliphatic heterocycles. The third kappa shape index (κ3) is 3.60. The lowest BCUT2D eigenvalue weighted by Crippen LogP contribution is -2.35. The highest BCUT2D eigenvalue weighted by Crippen LogP contribution is 2.32. The summed E-state index contributed by atoms with van der Waals surface area (Å²) in [6.07, 6.45) is 4.30. The first-order valence-corrected chi connectivity index (χ1v) is 9.20. The maximum absolute atomic E-state index is 13.0. The zero-order chi connectivity index (χ0) is 16.9. The zero-order valence-corrected chi connectivity index (χ0v) is 14.7. The molecule has 1 fully saturated rings. The second-order valence-electron chi connectivity index (χ2n) is 5.97. The Bertz CT molecular complexity index is 684. The average Bonchev–Trinajstić information content (AvgIpc) is 2.98. The molecule has 1 atom stereocenters. The molecule has 2 heterocycles. The molecule has 1 amide bonds. The van der Waals surface area contributed by atoms with Crippen LogP contribution < -0.4 is 10.5 Å². The molecular weight excluding hydrogens is 322 g/mol. The van der Waals surface area contributed by atoms with E-state index in [1.165, 1.54) is 11.3 Å². The van der Waals surface area contributed by atoms with Crippen molar-refractivity contribution in [1.82, 2.24) is 9.88 Å². The van der Waals surface area contributed by atoms with Crippen LogP contribution in [0, 0.1) is 0 Å². The Kier molecular flexibility index (Phi) is 5.48. The van der Waals surface area contributed by atoms with Gasteiger partial charge in [-0.15, -0.1) is 11.3 Å². The first-order chi connectivity index (χ1) is 11.7. The number of benzene rings is 1. The van der Waals surface area contributed by atoms with Gasteiger partial charge in [-0.05, 0) is 30.5 Å². The number of aromatic nitrogens is 1. The van der Waals surface area contributed by atoms with E-state index in [9.17, 15) is 4.79 Å². The van der Waals surface area contributed by atoms with Crippen molar-refractivity contribution in [2.24, 2.45) is 5.73 Å². The molecule has 3 rings (SSSR count). The van der Waals surface area contributed by atoms with Crippen molar-refractivity contribution >= 4 is 17.2 Å². The lowest BCUT2D eigenvalue weighted by Gasteiger charge is -2.30. The molecule has 1 unspecified atom stereocenters. The Labute approximate surface area is 146 Å². The lowest BCUT2D eigenvalue weighted by molar-refractivity contribution is 0.0675. The summed E-state index contributed by atoms with van der Waals surface area (Å²) in [6.45, 7) is 1.14. The monoisotopic (exact) mass is 345 g/mol. The molecule has 0 spiro atoms. The second kappa shape index (κ2) is 7.77. The standard InChI is InChI=1S/C18H23N3O2S/c1-23-14-8-6-13(7-9-14)16-5-3-2-4-10-21(16)18(22)15-12-24-17(11-19)20-15/h6-9,12,16H,2-5,10-11,19H2,1H3. The minimum absolute atomic E-state index is 0.00803. The molecule has 0 bridgehead atoms. The van der Waals surface area contributed by atoms with E-state index in [2.05, 4.69) is 17.1 Å². The summed E-state index contributed by atoms with van der Waals surface area (Å²) in [6, 6.07) is 8.12. The Balaban J connectivity index is 1.87. The number of nitrogens with zero attached hydrogens (tertiary/aromatic N) is 2. The number of hydrogen-bond acceptors (Lipinski definition) is 5. The Morgan fingerprint density at radius 1 is 1.33 bits per heavy atom. The van der Waals surface area contributed by atoms with Crippen LogP contribution in [0.5, 0.6) is 5.75 Å². The molecule has 0 aliphatic carbocycles. The maximum Gasteiger partial charge on any atom is 0.273 e. The number of hydrogen-bond donors (Lipinski definition) is 1. The fraction of sp³-hybridized carbons (Fsp3) is 0.444. The third-order valence-electron chi connectivity index (χ3n) is 4.46. The molecule has 24 heavy (non-hydrogen) atoms. The van der Waals surface area contributed by atoms with Crippen LogP contribution in [0.4, 0.5) is 0 Å². The van der Waals surface area contributed by atoms with Crippen molar-refractivity contribution in [3.63, 3.8) is 0 Å². The summed E-state index contributed by atoms with van der Waals surface area (Å²) in [5.41, 5.74) is 7.29. The predicted octanol–water partition coefficient (Wildman–Crippen LogP) is 3.37. The first-order valence-electron chi connectivity index (χ1n) is 8.32. The van der Waals surface area contributed by atoms with E-state index in [-0.39, 0.29) is 11.9 Å². The molecule has 2 N–H and O–H groups in total. The van der Waals surface area contributed by atoms with Crippen LogP contribution in [0.1, 0.15) is 52.8 Å². The van der Waals surface area contributed by atoms with Crippen molar-refractivity contribution in [3.05, 3.63) is 45.9 Å². The Hall–Kier alpha value is -1.92. The molecule has 1 aromatic heterocycles. The van der Waals surface area contributed by atoms with Gasteiger partial charge in [-0.1, -0.05) is 25.0 Å². The smallest absolute Gasteiger partial charge is 0.273 e. The highest BCUT2D eigenvalue weighted by atomic mass is 32.1. The van der Waals surface area contributed by atoms with Gasteiger partial charge in [-0.2, -0.15) is 0 Å². The topological polar surface area (TPSA) is 68.5 Å². The minimum Gasteiger partial charge on any atom is -0.497 e. The summed E-state index contributed by atoms with van der Waals surface area (Å²) in [5.74, 6) is 0.839. The number of likely N-dealkylation sites (tertiary alicyclic amines) is 1. The van der Waals surface area contributed by atoms with Crippen LogP contribution in [-0.4, -0.2) is 29.4 Å². The van der Waals surface area contributed by atoms with Gasteiger partial charge in [0.05, 0.1) is 13.2 Å². The Morgan fingerprint density at radius 3 is 2.79 bits per heavy atom. The largest absolute Gasteiger partial charge is 0.497 e. The summed E-state index contributed by atoms with van der Waals surface area (Å²) >= 11 is 1.45. The molecular formula is C18H23N3O2S. The third-order valence-corrected chi connectivity index (χ3v) is 5.33. The van der Waals surface area contributed by atoms with Crippen LogP contribution in [-0.2, 0) is 6.54 Å². The van der Waals surface area contributed by atoms with Gasteiger partial charge in [-0.3, -0.25) is 4.79 Å². The molecule has 2 aromatic rings. The molecule has 0 saturated carbocycles. The predicted molar refractivity (Wildman–Crippen MR) is 95.2 cm³/mol. The van der Waals surface area contributed by atoms with Crippen molar-refractivity contribution in [2.45, 2.75) is 38.3 Å². The molecule has 5 nitrogen and oxygen atoms in total. The quantitative estimate of drug-likeness (QED) is 0.922. The van der Waals surface area contributed by atoms with Crippen LogP contribution in [0.2, 0.25) is 0 Å². The number of thiazole rings is 1. The molecule has 128 valence electrons. The van der Waals surface area contributed by atoms with Crippen molar-refractivity contribution < 1.29 is 9.53 Å². The number of nitrogens with two attached hydrogens (primary N) is 1. The second-order valence-corrected chi connectivity index (χ2v) is 6.91. The number of ether oxygens (including phenoxy) is 1. The van der Waals surface area contributed by atoms with Gasteiger partial charge in [0, 0.05) is 18.5 Å². The van der Waals surface area contributed by atoms with Gasteiger partial charge in [0.2, 0.25) is 0 Å². The summed E-state index contributed by atoms with van der Waals surface area (Å²) < 4.78 is 5.24. The summed E-state index contributed by atoms with van der Waals surface area (Å²) in [4.78, 5) is 19.3. The van der Waals surface area contributed by atoms with Gasteiger partial charge in [0.15, 0.2) is 0 Å². The molecule has 6 heteroatoms. The van der Waals surface area contributed by atoms with Crippen LogP contribution in [0.15, 0.2) is 29.6 Å². The number of amides is 1. The fourth-order valence-corrected chi connectivity index (χ4v) is 3.82. The number of rotatable bonds is 4. The summed E-state index contributed by atoms with van der Waals surface area (Å²) in [7, 11) is 1.66. The van der Waals surface area contributed by atoms with Crippen LogP contribution in [0.3, 0.4) is 0 Å². The van der Waals surface area contributed by atoms with E-state index < -0.39 is 0 Å². The van der Waals surface area contributed by atoms with Gasteiger partial charge < -0.3 is 15.4 Å². The number of carbonyl (C=O) groups is 1. The average molecular weight is 345 g/mol. The minimum atomic E-state index is 0.00803. The maximum atomic E-state index is 13.0. The lowest BCUT2D eigenvalue weighted by atomic mass is 10.0. The molecule has 1 aromatic carbocycles. The Morgan fingerprint density at radius 2 is 2.12 bits per heavy atom. The van der Waals surface area contributed by atoms with E-state index >= 15 is 0 Å². The van der Waals surface area contributed by atoms with Crippen molar-refractivity contribution in [3.8, 4) is 5.75 Å². The normalized spacial score (nSPS) is 18.2. The van der Waals surface area contributed by atoms with E-state index in [0.717, 1.165) is 48.5 Å². The highest BCUT2D eigenvalue weighted by molar-refractivity contribution is 7.09. The van der Waals surface area contributed by atoms with Crippen molar-refractivity contribution in [2.75, 3.05) is 13.7 Å². The number of carbonyl (C=O) groups excluding carboxylic acids is 1.